The molecule has 4 aromatic rings. The molecule has 0 saturated carbocycles. The summed E-state index contributed by atoms with van der Waals surface area (Å²) in [5, 5.41) is 19.4. The van der Waals surface area contributed by atoms with Gasteiger partial charge in [0.1, 0.15) is 11.6 Å². The maximum Gasteiger partial charge on any atom is 0.258 e. The second-order valence-electron chi connectivity index (χ2n) is 6.44. The van der Waals surface area contributed by atoms with Crippen molar-refractivity contribution >= 4 is 11.6 Å². The number of amides is 1. The maximum absolute atomic E-state index is 14.0. The molecule has 0 fully saturated rings. The zero-order chi connectivity index (χ0) is 21.6. The van der Waals surface area contributed by atoms with E-state index in [-0.39, 0.29) is 17.7 Å². The summed E-state index contributed by atoms with van der Waals surface area (Å²) in [6, 6.07) is 21.5. The zero-order valence-corrected chi connectivity index (χ0v) is 16.1. The Labute approximate surface area is 176 Å². The standard InChI is InChI=1S/C23H15FN4O3/c24-20-11-15(13-25)9-10-19(20)22(29)26-17-7-4-8-18(12-17)30-14-21-27-28-23(31-21)16-5-2-1-3-6-16/h1-12H,14H2,(H,26,29). The van der Waals surface area contributed by atoms with Crippen molar-refractivity contribution in [2.45, 2.75) is 6.61 Å². The molecule has 0 radical (unpaired) electrons. The summed E-state index contributed by atoms with van der Waals surface area (Å²) >= 11 is 0. The van der Waals surface area contributed by atoms with E-state index < -0.39 is 11.7 Å². The molecule has 4 rings (SSSR count). The Hall–Kier alpha value is -4.51. The smallest absolute Gasteiger partial charge is 0.258 e. The van der Waals surface area contributed by atoms with Crippen LogP contribution in [0.1, 0.15) is 21.8 Å². The Bertz CT molecular complexity index is 1270. The van der Waals surface area contributed by atoms with Gasteiger partial charge < -0.3 is 14.5 Å². The fourth-order valence-corrected chi connectivity index (χ4v) is 2.79. The summed E-state index contributed by atoms with van der Waals surface area (Å²) in [5.41, 5.74) is 1.20. The van der Waals surface area contributed by atoms with Gasteiger partial charge >= 0.3 is 0 Å². The molecule has 0 aliphatic carbocycles. The highest BCUT2D eigenvalue weighted by Crippen LogP contribution is 2.21. The Morgan fingerprint density at radius 2 is 1.90 bits per heavy atom. The van der Waals surface area contributed by atoms with Crippen LogP contribution < -0.4 is 10.1 Å². The lowest BCUT2D eigenvalue weighted by molar-refractivity contribution is 0.102. The van der Waals surface area contributed by atoms with E-state index in [1.165, 1.54) is 12.1 Å². The molecule has 0 aliphatic heterocycles. The summed E-state index contributed by atoms with van der Waals surface area (Å²) in [6.45, 7) is 0.0431. The lowest BCUT2D eigenvalue weighted by atomic mass is 10.1. The summed E-state index contributed by atoms with van der Waals surface area (Å²) in [5.74, 6) is -0.256. The molecule has 0 saturated heterocycles. The number of hydrogen-bond donors (Lipinski definition) is 1. The average Bonchev–Trinajstić information content (AvgIpc) is 3.27. The number of anilines is 1. The average molecular weight is 414 g/mol. The third-order valence-corrected chi connectivity index (χ3v) is 4.28. The van der Waals surface area contributed by atoms with Gasteiger partial charge in [0.2, 0.25) is 5.89 Å². The number of nitrogens with one attached hydrogen (secondary N) is 1. The largest absolute Gasteiger partial charge is 0.484 e. The highest BCUT2D eigenvalue weighted by molar-refractivity contribution is 6.04. The van der Waals surface area contributed by atoms with Gasteiger partial charge in [0.15, 0.2) is 6.61 Å². The van der Waals surface area contributed by atoms with Gasteiger partial charge in [-0.3, -0.25) is 4.79 Å². The molecule has 1 aromatic heterocycles. The number of nitrogens with zero attached hydrogens (tertiary/aromatic N) is 3. The second kappa shape index (κ2) is 8.88. The highest BCUT2D eigenvalue weighted by atomic mass is 19.1. The number of benzene rings is 3. The maximum atomic E-state index is 14.0. The van der Waals surface area contributed by atoms with E-state index in [0.29, 0.717) is 23.2 Å². The number of carbonyl (C=O) groups excluding carboxylic acids is 1. The summed E-state index contributed by atoms with van der Waals surface area (Å²) in [7, 11) is 0. The van der Waals surface area contributed by atoms with Crippen LogP contribution in [0.5, 0.6) is 5.75 Å². The Balaban J connectivity index is 1.40. The van der Waals surface area contributed by atoms with Crippen LogP contribution in [-0.2, 0) is 6.61 Å². The first-order valence-electron chi connectivity index (χ1n) is 9.24. The molecule has 0 aliphatic rings. The number of ether oxygens (including phenoxy) is 1. The van der Waals surface area contributed by atoms with Crippen molar-refractivity contribution in [1.82, 2.24) is 10.2 Å². The quantitative estimate of drug-likeness (QED) is 0.496. The molecule has 1 heterocycles. The molecule has 31 heavy (non-hydrogen) atoms. The summed E-state index contributed by atoms with van der Waals surface area (Å²) in [6.07, 6.45) is 0. The lowest BCUT2D eigenvalue weighted by Crippen LogP contribution is -2.14. The first kappa shape index (κ1) is 19.8. The van der Waals surface area contributed by atoms with E-state index in [2.05, 4.69) is 15.5 Å². The van der Waals surface area contributed by atoms with Crippen molar-refractivity contribution in [3.63, 3.8) is 0 Å². The SMILES string of the molecule is N#Cc1ccc(C(=O)Nc2cccc(OCc3nnc(-c4ccccc4)o3)c2)c(F)c1. The molecule has 0 bridgehead atoms. The molecule has 3 aromatic carbocycles. The number of halogens is 1. The van der Waals surface area contributed by atoms with Crippen molar-refractivity contribution in [3.8, 4) is 23.3 Å². The number of nitriles is 1. The number of hydrogen-bond acceptors (Lipinski definition) is 6. The number of aromatic nitrogens is 2. The van der Waals surface area contributed by atoms with E-state index in [1.807, 2.05) is 36.4 Å². The second-order valence-corrected chi connectivity index (χ2v) is 6.44. The van der Waals surface area contributed by atoms with Crippen LogP contribution >= 0.6 is 0 Å². The van der Waals surface area contributed by atoms with E-state index >= 15 is 0 Å². The molecule has 8 heteroatoms. The number of rotatable bonds is 6. The molecule has 0 atom stereocenters. The normalized spacial score (nSPS) is 10.3. The summed E-state index contributed by atoms with van der Waals surface area (Å²) < 4.78 is 25.3. The van der Waals surface area contributed by atoms with Crippen LogP contribution in [0, 0.1) is 17.1 Å². The van der Waals surface area contributed by atoms with Crippen LogP contribution in [0.2, 0.25) is 0 Å². The molecular weight excluding hydrogens is 399 g/mol. The third kappa shape index (κ3) is 4.74. The molecule has 1 N–H and O–H groups in total. The Morgan fingerprint density at radius 1 is 1.06 bits per heavy atom. The van der Waals surface area contributed by atoms with Gasteiger partial charge in [0.25, 0.3) is 11.8 Å². The van der Waals surface area contributed by atoms with Gasteiger partial charge in [-0.1, -0.05) is 24.3 Å². The van der Waals surface area contributed by atoms with E-state index in [4.69, 9.17) is 14.4 Å². The van der Waals surface area contributed by atoms with Crippen LogP contribution in [0.3, 0.4) is 0 Å². The minimum absolute atomic E-state index is 0.0431. The molecule has 0 spiro atoms. The van der Waals surface area contributed by atoms with Gasteiger partial charge in [0.05, 0.1) is 17.2 Å². The monoisotopic (exact) mass is 414 g/mol. The third-order valence-electron chi connectivity index (χ3n) is 4.28. The molecule has 1 amide bonds. The van der Waals surface area contributed by atoms with E-state index in [0.717, 1.165) is 11.6 Å². The van der Waals surface area contributed by atoms with Crippen LogP contribution in [-0.4, -0.2) is 16.1 Å². The fourth-order valence-electron chi connectivity index (χ4n) is 2.79. The van der Waals surface area contributed by atoms with Crippen LogP contribution in [0.4, 0.5) is 10.1 Å². The van der Waals surface area contributed by atoms with Gasteiger partial charge in [-0.25, -0.2) is 4.39 Å². The van der Waals surface area contributed by atoms with Crippen molar-refractivity contribution < 1.29 is 18.3 Å². The van der Waals surface area contributed by atoms with Gasteiger partial charge in [-0.2, -0.15) is 5.26 Å². The Morgan fingerprint density at radius 3 is 2.68 bits per heavy atom. The first-order valence-corrected chi connectivity index (χ1v) is 9.24. The van der Waals surface area contributed by atoms with Crippen LogP contribution in [0.25, 0.3) is 11.5 Å². The first-order chi connectivity index (χ1) is 15.1. The Kier molecular flexibility index (Phi) is 5.67. The van der Waals surface area contributed by atoms with Crippen molar-refractivity contribution in [2.24, 2.45) is 0 Å². The van der Waals surface area contributed by atoms with Crippen molar-refractivity contribution in [3.05, 3.63) is 95.6 Å². The zero-order valence-electron chi connectivity index (χ0n) is 16.1. The topological polar surface area (TPSA) is 101 Å². The molecule has 0 unspecified atom stereocenters. The van der Waals surface area contributed by atoms with Gasteiger partial charge in [-0.15, -0.1) is 10.2 Å². The predicted molar refractivity (Wildman–Crippen MR) is 110 cm³/mol. The molecule has 7 nitrogen and oxygen atoms in total. The van der Waals surface area contributed by atoms with Gasteiger partial charge in [-0.05, 0) is 42.5 Å². The molecule has 152 valence electrons. The minimum atomic E-state index is -0.769. The predicted octanol–water partition coefficient (Wildman–Crippen LogP) is 4.58. The summed E-state index contributed by atoms with van der Waals surface area (Å²) in [4.78, 5) is 12.4. The minimum Gasteiger partial charge on any atom is -0.484 e. The van der Waals surface area contributed by atoms with Crippen molar-refractivity contribution in [1.29, 1.82) is 5.26 Å². The van der Waals surface area contributed by atoms with Crippen LogP contribution in [0.15, 0.2) is 77.2 Å². The van der Waals surface area contributed by atoms with Crippen molar-refractivity contribution in [2.75, 3.05) is 5.32 Å². The molecular formula is C23H15FN4O3. The van der Waals surface area contributed by atoms with E-state index in [1.54, 1.807) is 24.3 Å². The van der Waals surface area contributed by atoms with Gasteiger partial charge in [0, 0.05) is 17.3 Å². The number of carbonyl (C=O) groups is 1. The lowest BCUT2D eigenvalue weighted by Gasteiger charge is -2.09. The highest BCUT2D eigenvalue weighted by Gasteiger charge is 2.13. The fraction of sp³-hybridized carbons (Fsp3) is 0.0435. The van der Waals surface area contributed by atoms with E-state index in [9.17, 15) is 9.18 Å².